The highest BCUT2D eigenvalue weighted by Crippen LogP contribution is 2.26. The molecule has 2 bridgehead atoms. The molecule has 0 saturated carbocycles. The van der Waals surface area contributed by atoms with Crippen LogP contribution in [0.2, 0.25) is 0 Å². The van der Waals surface area contributed by atoms with Gasteiger partial charge in [-0.2, -0.15) is 0 Å². The lowest BCUT2D eigenvalue weighted by Gasteiger charge is -2.31. The molecule has 1 aromatic carbocycles. The summed E-state index contributed by atoms with van der Waals surface area (Å²) >= 11 is 0. The maximum absolute atomic E-state index is 12.2. The summed E-state index contributed by atoms with van der Waals surface area (Å²) in [5, 5.41) is 0. The number of Topliss-reactive ketones (excluding diaryl/α,β-unsaturated/α-hetero) is 1. The zero-order chi connectivity index (χ0) is 12.5. The Morgan fingerprint density at radius 1 is 1.22 bits per heavy atom. The van der Waals surface area contributed by atoms with E-state index in [9.17, 15) is 4.79 Å². The second kappa shape index (κ2) is 4.82. The number of ketones is 1. The van der Waals surface area contributed by atoms with Crippen molar-refractivity contribution in [2.75, 3.05) is 19.6 Å². The van der Waals surface area contributed by atoms with Gasteiger partial charge in [0.2, 0.25) is 0 Å². The van der Waals surface area contributed by atoms with Crippen LogP contribution >= 0.6 is 0 Å². The van der Waals surface area contributed by atoms with Crippen LogP contribution in [0, 0.1) is 6.92 Å². The number of carbonyl (C=O) groups excluding carboxylic acids is 1. The van der Waals surface area contributed by atoms with Crippen LogP contribution in [-0.4, -0.2) is 42.5 Å². The summed E-state index contributed by atoms with van der Waals surface area (Å²) in [6.07, 6.45) is 3.02. The number of nitrogens with zero attached hydrogens (tertiary/aromatic N) is 1. The van der Waals surface area contributed by atoms with Crippen LogP contribution in [0.3, 0.4) is 0 Å². The van der Waals surface area contributed by atoms with Crippen LogP contribution in [0.5, 0.6) is 0 Å². The van der Waals surface area contributed by atoms with Crippen molar-refractivity contribution in [3.8, 4) is 0 Å². The van der Waals surface area contributed by atoms with Crippen molar-refractivity contribution in [3.05, 3.63) is 35.4 Å². The topological polar surface area (TPSA) is 29.5 Å². The molecular formula is C15H19NO2. The third-order valence-electron chi connectivity index (χ3n) is 3.86. The fourth-order valence-electron chi connectivity index (χ4n) is 2.86. The summed E-state index contributed by atoms with van der Waals surface area (Å²) in [5.74, 6) is 0.219. The molecule has 3 rings (SSSR count). The van der Waals surface area contributed by atoms with E-state index in [-0.39, 0.29) is 5.78 Å². The average molecular weight is 245 g/mol. The molecule has 3 nitrogen and oxygen atoms in total. The van der Waals surface area contributed by atoms with Gasteiger partial charge in [-0.25, -0.2) is 0 Å². The first-order chi connectivity index (χ1) is 8.70. The standard InChI is InChI=1S/C15H19NO2/c1-11-2-4-12(5-3-11)15(17)10-16-8-13-6-7-14(9-16)18-13/h2-5,13-14H,6-10H2,1H3. The molecule has 2 fully saturated rings. The van der Waals surface area contributed by atoms with E-state index in [1.807, 2.05) is 31.2 Å². The minimum Gasteiger partial charge on any atom is -0.372 e. The molecule has 0 amide bonds. The lowest BCUT2D eigenvalue weighted by Crippen LogP contribution is -2.44. The second-order valence-corrected chi connectivity index (χ2v) is 5.44. The number of morpholine rings is 1. The molecule has 0 aliphatic carbocycles. The largest absolute Gasteiger partial charge is 0.372 e. The van der Waals surface area contributed by atoms with Gasteiger partial charge in [0.05, 0.1) is 18.8 Å². The lowest BCUT2D eigenvalue weighted by atomic mass is 10.1. The minimum atomic E-state index is 0.219. The molecular weight excluding hydrogens is 226 g/mol. The first-order valence-electron chi connectivity index (χ1n) is 6.68. The van der Waals surface area contributed by atoms with Gasteiger partial charge in [0, 0.05) is 18.7 Å². The van der Waals surface area contributed by atoms with E-state index < -0.39 is 0 Å². The molecule has 2 unspecified atom stereocenters. The van der Waals surface area contributed by atoms with E-state index >= 15 is 0 Å². The van der Waals surface area contributed by atoms with Gasteiger partial charge in [0.25, 0.3) is 0 Å². The van der Waals surface area contributed by atoms with Crippen LogP contribution in [0.1, 0.15) is 28.8 Å². The minimum absolute atomic E-state index is 0.219. The fraction of sp³-hybridized carbons (Fsp3) is 0.533. The van der Waals surface area contributed by atoms with Crippen molar-refractivity contribution in [2.24, 2.45) is 0 Å². The van der Waals surface area contributed by atoms with Crippen LogP contribution in [0.4, 0.5) is 0 Å². The van der Waals surface area contributed by atoms with Gasteiger partial charge < -0.3 is 4.74 Å². The highest BCUT2D eigenvalue weighted by molar-refractivity contribution is 5.97. The number of aryl methyl sites for hydroxylation is 1. The van der Waals surface area contributed by atoms with E-state index in [0.29, 0.717) is 18.8 Å². The molecule has 3 heteroatoms. The third-order valence-corrected chi connectivity index (χ3v) is 3.86. The van der Waals surface area contributed by atoms with Crippen molar-refractivity contribution in [3.63, 3.8) is 0 Å². The highest BCUT2D eigenvalue weighted by Gasteiger charge is 2.34. The summed E-state index contributed by atoms with van der Waals surface area (Å²) in [6.45, 7) is 4.38. The zero-order valence-electron chi connectivity index (χ0n) is 10.8. The van der Waals surface area contributed by atoms with E-state index in [4.69, 9.17) is 4.74 Å². The Hall–Kier alpha value is -1.19. The Morgan fingerprint density at radius 2 is 1.83 bits per heavy atom. The summed E-state index contributed by atoms with van der Waals surface area (Å²) in [4.78, 5) is 14.4. The van der Waals surface area contributed by atoms with Gasteiger partial charge in [-0.1, -0.05) is 29.8 Å². The molecule has 2 aliphatic heterocycles. The van der Waals surface area contributed by atoms with Crippen molar-refractivity contribution >= 4 is 5.78 Å². The summed E-state index contributed by atoms with van der Waals surface area (Å²) < 4.78 is 5.78. The molecule has 0 N–H and O–H groups in total. The molecule has 0 spiro atoms. The summed E-state index contributed by atoms with van der Waals surface area (Å²) in [6, 6.07) is 7.84. The van der Waals surface area contributed by atoms with Crippen molar-refractivity contribution in [2.45, 2.75) is 32.0 Å². The Kier molecular flexibility index (Phi) is 3.18. The zero-order valence-corrected chi connectivity index (χ0v) is 10.8. The number of likely N-dealkylation sites (tertiary alicyclic amines) is 1. The maximum atomic E-state index is 12.2. The average Bonchev–Trinajstić information content (AvgIpc) is 2.69. The SMILES string of the molecule is Cc1ccc(C(=O)CN2CC3CCC(C2)O3)cc1. The summed E-state index contributed by atoms with van der Waals surface area (Å²) in [7, 11) is 0. The fourth-order valence-corrected chi connectivity index (χ4v) is 2.86. The molecule has 2 atom stereocenters. The first kappa shape index (κ1) is 11.9. The van der Waals surface area contributed by atoms with Gasteiger partial charge in [-0.15, -0.1) is 0 Å². The number of carbonyl (C=O) groups is 1. The number of fused-ring (bicyclic) bond motifs is 2. The normalized spacial score (nSPS) is 27.4. The Bertz CT molecular complexity index is 428. The van der Waals surface area contributed by atoms with Crippen LogP contribution < -0.4 is 0 Å². The molecule has 2 heterocycles. The Balaban J connectivity index is 1.62. The van der Waals surface area contributed by atoms with Crippen molar-refractivity contribution in [1.82, 2.24) is 4.90 Å². The number of hydrogen-bond donors (Lipinski definition) is 0. The number of rotatable bonds is 3. The first-order valence-corrected chi connectivity index (χ1v) is 6.68. The monoisotopic (exact) mass is 245 g/mol. The van der Waals surface area contributed by atoms with Gasteiger partial charge in [0.15, 0.2) is 5.78 Å². The van der Waals surface area contributed by atoms with Gasteiger partial charge in [-0.05, 0) is 19.8 Å². The predicted molar refractivity (Wildman–Crippen MR) is 69.8 cm³/mol. The maximum Gasteiger partial charge on any atom is 0.176 e. The number of benzene rings is 1. The van der Waals surface area contributed by atoms with Crippen molar-refractivity contribution in [1.29, 1.82) is 0 Å². The molecule has 2 aliphatic rings. The Labute approximate surface area is 108 Å². The molecule has 0 aromatic heterocycles. The second-order valence-electron chi connectivity index (χ2n) is 5.44. The van der Waals surface area contributed by atoms with E-state index in [2.05, 4.69) is 4.90 Å². The highest BCUT2D eigenvalue weighted by atomic mass is 16.5. The van der Waals surface area contributed by atoms with Gasteiger partial charge in [-0.3, -0.25) is 9.69 Å². The number of ether oxygens (including phenoxy) is 1. The molecule has 96 valence electrons. The molecule has 1 aromatic rings. The van der Waals surface area contributed by atoms with E-state index in [0.717, 1.165) is 31.5 Å². The lowest BCUT2D eigenvalue weighted by molar-refractivity contribution is -0.0355. The van der Waals surface area contributed by atoms with Crippen LogP contribution in [0.25, 0.3) is 0 Å². The van der Waals surface area contributed by atoms with E-state index in [1.165, 1.54) is 5.56 Å². The molecule has 18 heavy (non-hydrogen) atoms. The molecule has 0 radical (unpaired) electrons. The van der Waals surface area contributed by atoms with Crippen LogP contribution in [0.15, 0.2) is 24.3 Å². The van der Waals surface area contributed by atoms with Gasteiger partial charge >= 0.3 is 0 Å². The Morgan fingerprint density at radius 3 is 2.44 bits per heavy atom. The van der Waals surface area contributed by atoms with Crippen molar-refractivity contribution < 1.29 is 9.53 Å². The van der Waals surface area contributed by atoms with E-state index in [1.54, 1.807) is 0 Å². The quantitative estimate of drug-likeness (QED) is 0.763. The predicted octanol–water partition coefficient (Wildman–Crippen LogP) is 2.04. The van der Waals surface area contributed by atoms with Crippen LogP contribution in [-0.2, 0) is 4.74 Å². The summed E-state index contributed by atoms with van der Waals surface area (Å²) in [5.41, 5.74) is 2.01. The third kappa shape index (κ3) is 2.47. The molecule has 2 saturated heterocycles. The smallest absolute Gasteiger partial charge is 0.176 e. The number of hydrogen-bond acceptors (Lipinski definition) is 3. The van der Waals surface area contributed by atoms with Gasteiger partial charge in [0.1, 0.15) is 0 Å².